The summed E-state index contributed by atoms with van der Waals surface area (Å²) < 4.78 is 1.92. The minimum Gasteiger partial charge on any atom is -0.303 e. The van der Waals surface area contributed by atoms with Crippen LogP contribution in [0.25, 0.3) is 5.69 Å². The molecule has 0 atom stereocenters. The summed E-state index contributed by atoms with van der Waals surface area (Å²) in [5.74, 6) is 1.08. The van der Waals surface area contributed by atoms with Crippen LogP contribution in [0.2, 0.25) is 10.0 Å². The second-order valence-electron chi connectivity index (χ2n) is 5.88. The Bertz CT molecular complexity index is 666. The molecule has 0 bridgehead atoms. The number of thioether (sulfide) groups is 1. The molecule has 0 saturated carbocycles. The lowest BCUT2D eigenvalue weighted by Gasteiger charge is -2.25. The van der Waals surface area contributed by atoms with Gasteiger partial charge in [-0.1, -0.05) is 29.6 Å². The predicted octanol–water partition coefficient (Wildman–Crippen LogP) is 5.07. The van der Waals surface area contributed by atoms with Crippen LogP contribution in [0.3, 0.4) is 0 Å². The van der Waals surface area contributed by atoms with Crippen molar-refractivity contribution in [2.24, 2.45) is 0 Å². The highest BCUT2D eigenvalue weighted by atomic mass is 35.5. The molecule has 0 radical (unpaired) electrons. The first-order chi connectivity index (χ1) is 11.1. The van der Waals surface area contributed by atoms with E-state index >= 15 is 0 Å². The van der Waals surface area contributed by atoms with Gasteiger partial charge < -0.3 is 4.90 Å². The summed E-state index contributed by atoms with van der Waals surface area (Å²) in [6, 6.07) is 7.73. The highest BCUT2D eigenvalue weighted by Gasteiger charge is 2.11. The van der Waals surface area contributed by atoms with Gasteiger partial charge in [0.1, 0.15) is 5.03 Å². The van der Waals surface area contributed by atoms with Crippen molar-refractivity contribution in [3.05, 3.63) is 40.0 Å². The first-order valence-electron chi connectivity index (χ1n) is 8.01. The van der Waals surface area contributed by atoms with Crippen molar-refractivity contribution >= 4 is 35.0 Å². The van der Waals surface area contributed by atoms with E-state index in [1.54, 1.807) is 0 Å². The summed E-state index contributed by atoms with van der Waals surface area (Å²) in [5, 5.41) is 6.87. The molecule has 1 aliphatic heterocycles. The molecule has 0 aliphatic carbocycles. The van der Waals surface area contributed by atoms with Crippen LogP contribution in [0.4, 0.5) is 0 Å². The molecule has 1 aliphatic rings. The van der Waals surface area contributed by atoms with E-state index in [0.717, 1.165) is 28.7 Å². The Hall–Kier alpha value is -0.680. The molecule has 0 spiro atoms. The van der Waals surface area contributed by atoms with Crippen molar-refractivity contribution < 1.29 is 0 Å². The molecular weight excluding hydrogens is 349 g/mol. The number of likely N-dealkylation sites (tertiary alicyclic amines) is 1. The Morgan fingerprint density at radius 3 is 2.61 bits per heavy atom. The molecule has 2 aromatic rings. The van der Waals surface area contributed by atoms with Crippen molar-refractivity contribution in [3.63, 3.8) is 0 Å². The van der Waals surface area contributed by atoms with Gasteiger partial charge >= 0.3 is 0 Å². The number of piperidine rings is 1. The average molecular weight is 370 g/mol. The van der Waals surface area contributed by atoms with Gasteiger partial charge in [0.2, 0.25) is 0 Å². The number of hydrogen-bond donors (Lipinski definition) is 0. The molecule has 0 unspecified atom stereocenters. The van der Waals surface area contributed by atoms with Crippen molar-refractivity contribution in [2.75, 3.05) is 25.4 Å². The van der Waals surface area contributed by atoms with E-state index in [-0.39, 0.29) is 0 Å². The molecule has 1 saturated heterocycles. The predicted molar refractivity (Wildman–Crippen MR) is 99.3 cm³/mol. The van der Waals surface area contributed by atoms with Crippen LogP contribution in [0, 0.1) is 6.92 Å². The minimum atomic E-state index is 0.554. The number of hydrogen-bond acceptors (Lipinski definition) is 3. The Morgan fingerprint density at radius 1 is 1.09 bits per heavy atom. The fourth-order valence-electron chi connectivity index (χ4n) is 2.86. The second kappa shape index (κ2) is 7.93. The fourth-order valence-corrected chi connectivity index (χ4v) is 4.10. The molecule has 1 fully saturated rings. The van der Waals surface area contributed by atoms with Crippen LogP contribution >= 0.6 is 35.0 Å². The molecule has 3 nitrogen and oxygen atoms in total. The highest BCUT2D eigenvalue weighted by molar-refractivity contribution is 7.99. The molecule has 124 valence electrons. The van der Waals surface area contributed by atoms with Gasteiger partial charge in [-0.25, -0.2) is 4.68 Å². The van der Waals surface area contributed by atoms with Crippen molar-refractivity contribution in [1.29, 1.82) is 0 Å². The van der Waals surface area contributed by atoms with Crippen LogP contribution in [0.15, 0.2) is 29.3 Å². The van der Waals surface area contributed by atoms with E-state index in [4.69, 9.17) is 28.3 Å². The maximum Gasteiger partial charge on any atom is 0.119 e. The summed E-state index contributed by atoms with van der Waals surface area (Å²) in [6.45, 7) is 5.70. The molecule has 2 heterocycles. The van der Waals surface area contributed by atoms with Crippen LogP contribution in [0.1, 0.15) is 25.0 Å². The first kappa shape index (κ1) is 17.2. The molecule has 0 amide bonds. The SMILES string of the molecule is Cc1cc(SCCN2CCCCC2)nn1-c1ccc(Cl)c(Cl)c1. The van der Waals surface area contributed by atoms with Crippen molar-refractivity contribution in [2.45, 2.75) is 31.2 Å². The summed E-state index contributed by atoms with van der Waals surface area (Å²) >= 11 is 13.9. The number of aromatic nitrogens is 2. The zero-order valence-corrected chi connectivity index (χ0v) is 15.6. The number of aryl methyl sites for hydroxylation is 1. The average Bonchev–Trinajstić information content (AvgIpc) is 2.92. The van der Waals surface area contributed by atoms with Gasteiger partial charge in [-0.2, -0.15) is 5.10 Å². The monoisotopic (exact) mass is 369 g/mol. The number of nitrogens with zero attached hydrogens (tertiary/aromatic N) is 3. The fraction of sp³-hybridized carbons (Fsp3) is 0.471. The molecule has 0 N–H and O–H groups in total. The smallest absolute Gasteiger partial charge is 0.119 e. The molecule has 3 rings (SSSR count). The maximum atomic E-state index is 6.11. The van der Waals surface area contributed by atoms with Crippen LogP contribution < -0.4 is 0 Å². The topological polar surface area (TPSA) is 21.1 Å². The molecule has 6 heteroatoms. The second-order valence-corrected chi connectivity index (χ2v) is 7.81. The van der Waals surface area contributed by atoms with Gasteiger partial charge in [0.15, 0.2) is 0 Å². The third kappa shape index (κ3) is 4.44. The van der Waals surface area contributed by atoms with Crippen molar-refractivity contribution in [1.82, 2.24) is 14.7 Å². The van der Waals surface area contributed by atoms with Crippen LogP contribution in [0.5, 0.6) is 0 Å². The summed E-state index contributed by atoms with van der Waals surface area (Å²) in [6.07, 6.45) is 4.07. The van der Waals surface area contributed by atoms with E-state index in [1.807, 2.05) is 34.6 Å². The molecule has 1 aromatic heterocycles. The zero-order valence-electron chi connectivity index (χ0n) is 13.3. The summed E-state index contributed by atoms with van der Waals surface area (Å²) in [7, 11) is 0. The van der Waals surface area contributed by atoms with Crippen LogP contribution in [-0.2, 0) is 0 Å². The van der Waals surface area contributed by atoms with Gasteiger partial charge in [-0.3, -0.25) is 0 Å². The van der Waals surface area contributed by atoms with Gasteiger partial charge in [0.05, 0.1) is 15.7 Å². The Kier molecular flexibility index (Phi) is 5.91. The summed E-state index contributed by atoms with van der Waals surface area (Å²) in [5.41, 5.74) is 2.05. The van der Waals surface area contributed by atoms with Crippen LogP contribution in [-0.4, -0.2) is 40.1 Å². The molecular formula is C17H21Cl2N3S. The Labute approximate surface area is 151 Å². The van der Waals surface area contributed by atoms with Gasteiger partial charge in [0, 0.05) is 18.0 Å². The molecule has 1 aromatic carbocycles. The summed E-state index contributed by atoms with van der Waals surface area (Å²) in [4.78, 5) is 2.55. The quantitative estimate of drug-likeness (QED) is 0.686. The zero-order chi connectivity index (χ0) is 16.2. The largest absolute Gasteiger partial charge is 0.303 e. The van der Waals surface area contributed by atoms with E-state index in [2.05, 4.69) is 17.9 Å². The highest BCUT2D eigenvalue weighted by Crippen LogP contribution is 2.26. The minimum absolute atomic E-state index is 0.554. The lowest BCUT2D eigenvalue weighted by Crippen LogP contribution is -2.31. The lowest BCUT2D eigenvalue weighted by atomic mass is 10.1. The number of halogens is 2. The number of rotatable bonds is 5. The Morgan fingerprint density at radius 2 is 1.87 bits per heavy atom. The lowest BCUT2D eigenvalue weighted by molar-refractivity contribution is 0.242. The van der Waals surface area contributed by atoms with Gasteiger partial charge in [0.25, 0.3) is 0 Å². The van der Waals surface area contributed by atoms with E-state index < -0.39 is 0 Å². The van der Waals surface area contributed by atoms with Crippen molar-refractivity contribution in [3.8, 4) is 5.69 Å². The van der Waals surface area contributed by atoms with Gasteiger partial charge in [-0.05, 0) is 57.1 Å². The standard InChI is InChI=1S/C17H21Cl2N3S/c1-13-11-17(23-10-9-21-7-3-2-4-8-21)20-22(13)14-5-6-15(18)16(19)12-14/h5-6,11-12H,2-4,7-10H2,1H3. The maximum absolute atomic E-state index is 6.11. The third-order valence-corrected chi connectivity index (χ3v) is 5.74. The third-order valence-electron chi connectivity index (χ3n) is 4.12. The van der Waals surface area contributed by atoms with E-state index in [1.165, 1.54) is 32.4 Å². The van der Waals surface area contributed by atoms with Gasteiger partial charge in [-0.15, -0.1) is 11.8 Å². The molecule has 23 heavy (non-hydrogen) atoms. The van der Waals surface area contributed by atoms with E-state index in [0.29, 0.717) is 10.0 Å². The van der Waals surface area contributed by atoms with E-state index in [9.17, 15) is 0 Å². The number of benzene rings is 1. The Balaban J connectivity index is 1.62. The first-order valence-corrected chi connectivity index (χ1v) is 9.75. The normalized spacial score (nSPS) is 16.0.